The molecule has 422 valence electrons. The zero-order chi connectivity index (χ0) is 51.5. The molecule has 1 amide bonds. The molecule has 1 fully saturated rings. The Hall–Kier alpha value is -1.07. The van der Waals surface area contributed by atoms with Gasteiger partial charge in [-0.2, -0.15) is 0 Å². The molecule has 0 aliphatic carbocycles. The number of aliphatic hydroxyl groups is 5. The van der Waals surface area contributed by atoms with Gasteiger partial charge in [0.05, 0.1) is 25.4 Å². The lowest BCUT2D eigenvalue weighted by molar-refractivity contribution is -0.302. The predicted molar refractivity (Wildman–Crippen MR) is 300 cm³/mol. The Bertz CT molecular complexity index is 1120. The highest BCUT2D eigenvalue weighted by Gasteiger charge is 2.44. The minimum Gasteiger partial charge on any atom is -0.394 e. The Morgan fingerprint density at radius 2 is 0.775 bits per heavy atom. The Morgan fingerprint density at radius 1 is 0.465 bits per heavy atom. The first kappa shape index (κ1) is 67.9. The molecule has 0 aromatic heterocycles. The van der Waals surface area contributed by atoms with Gasteiger partial charge in [-0.15, -0.1) is 0 Å². The molecule has 1 heterocycles. The molecule has 1 rings (SSSR count). The summed E-state index contributed by atoms with van der Waals surface area (Å²) < 4.78 is 11.3. The van der Waals surface area contributed by atoms with Crippen LogP contribution in [0.4, 0.5) is 0 Å². The fraction of sp³-hybridized carbons (Fsp3) is 0.952. The van der Waals surface area contributed by atoms with Crippen molar-refractivity contribution < 1.29 is 39.8 Å². The quantitative estimate of drug-likeness (QED) is 0.0261. The molecular weight excluding hydrogens is 887 g/mol. The van der Waals surface area contributed by atoms with Crippen LogP contribution in [-0.4, -0.2) is 87.5 Å². The Kier molecular flexibility index (Phi) is 50.1. The van der Waals surface area contributed by atoms with E-state index in [1.54, 1.807) is 6.08 Å². The molecule has 1 aliphatic heterocycles. The van der Waals surface area contributed by atoms with Gasteiger partial charge in [-0.3, -0.25) is 4.79 Å². The molecule has 9 nitrogen and oxygen atoms in total. The molecule has 0 saturated carbocycles. The van der Waals surface area contributed by atoms with Gasteiger partial charge in [-0.05, 0) is 19.3 Å². The van der Waals surface area contributed by atoms with Gasteiger partial charge in [0, 0.05) is 6.42 Å². The van der Waals surface area contributed by atoms with Crippen LogP contribution in [0.25, 0.3) is 0 Å². The highest BCUT2D eigenvalue weighted by molar-refractivity contribution is 5.76. The van der Waals surface area contributed by atoms with Gasteiger partial charge < -0.3 is 40.3 Å². The maximum absolute atomic E-state index is 13.1. The average molecular weight is 1010 g/mol. The molecule has 1 aliphatic rings. The number of carbonyl (C=O) groups excluding carboxylic acids is 1. The van der Waals surface area contributed by atoms with E-state index < -0.39 is 49.5 Å². The summed E-state index contributed by atoms with van der Waals surface area (Å²) in [6.07, 6.45) is 58.7. The van der Waals surface area contributed by atoms with Gasteiger partial charge >= 0.3 is 0 Å². The van der Waals surface area contributed by atoms with Crippen LogP contribution in [0.5, 0.6) is 0 Å². The molecule has 7 unspecified atom stereocenters. The van der Waals surface area contributed by atoms with Crippen LogP contribution in [0, 0.1) is 0 Å². The number of aliphatic hydroxyl groups excluding tert-OH is 5. The smallest absolute Gasteiger partial charge is 0.220 e. The lowest BCUT2D eigenvalue weighted by Gasteiger charge is -2.40. The number of unbranched alkanes of at least 4 members (excludes halogenated alkanes) is 45. The van der Waals surface area contributed by atoms with E-state index in [1.165, 1.54) is 263 Å². The summed E-state index contributed by atoms with van der Waals surface area (Å²) in [4.78, 5) is 13.1. The monoisotopic (exact) mass is 1010 g/mol. The third kappa shape index (κ3) is 41.8. The average Bonchev–Trinajstić information content (AvgIpc) is 3.37. The number of allylic oxidation sites excluding steroid dienone is 1. The van der Waals surface area contributed by atoms with Crippen molar-refractivity contribution in [1.82, 2.24) is 5.32 Å². The van der Waals surface area contributed by atoms with E-state index in [2.05, 4.69) is 19.2 Å². The minimum absolute atomic E-state index is 0.168. The van der Waals surface area contributed by atoms with E-state index in [-0.39, 0.29) is 12.5 Å². The summed E-state index contributed by atoms with van der Waals surface area (Å²) >= 11 is 0. The van der Waals surface area contributed by atoms with E-state index in [9.17, 15) is 30.3 Å². The number of carbonyl (C=O) groups is 1. The molecule has 0 aromatic carbocycles. The van der Waals surface area contributed by atoms with Gasteiger partial charge in [0.1, 0.15) is 24.4 Å². The molecule has 0 radical (unpaired) electrons. The lowest BCUT2D eigenvalue weighted by atomic mass is 9.99. The highest BCUT2D eigenvalue weighted by atomic mass is 16.7. The zero-order valence-corrected chi connectivity index (χ0v) is 47.0. The van der Waals surface area contributed by atoms with Crippen LogP contribution in [0.1, 0.15) is 322 Å². The van der Waals surface area contributed by atoms with Crippen LogP contribution in [-0.2, 0) is 14.3 Å². The van der Waals surface area contributed by atoms with Crippen molar-refractivity contribution in [3.8, 4) is 0 Å². The fourth-order valence-electron chi connectivity index (χ4n) is 10.4. The zero-order valence-electron chi connectivity index (χ0n) is 47.0. The first-order valence-corrected chi connectivity index (χ1v) is 31.4. The highest BCUT2D eigenvalue weighted by Crippen LogP contribution is 2.23. The first-order chi connectivity index (χ1) is 34.8. The number of nitrogens with one attached hydrogen (secondary N) is 1. The van der Waals surface area contributed by atoms with Crippen LogP contribution in [0.3, 0.4) is 0 Å². The van der Waals surface area contributed by atoms with Crippen molar-refractivity contribution in [2.75, 3.05) is 13.2 Å². The number of hydrogen-bond donors (Lipinski definition) is 6. The maximum atomic E-state index is 13.1. The summed E-state index contributed by atoms with van der Waals surface area (Å²) in [7, 11) is 0. The SMILES string of the molecule is CCCCCCCCCCCCCCCCCCC/C=C/C(O)C(COC1OC(CO)C(O)C(O)C1O)NC(=O)CCCCCCCCCCCCCCCCCCCCCCCCCCCCCCC. The topological polar surface area (TPSA) is 149 Å². The molecule has 0 bridgehead atoms. The van der Waals surface area contributed by atoms with Crippen molar-refractivity contribution >= 4 is 5.91 Å². The first-order valence-electron chi connectivity index (χ1n) is 31.4. The van der Waals surface area contributed by atoms with Crippen molar-refractivity contribution in [2.24, 2.45) is 0 Å². The van der Waals surface area contributed by atoms with Gasteiger partial charge in [0.2, 0.25) is 5.91 Å². The maximum Gasteiger partial charge on any atom is 0.220 e. The summed E-state index contributed by atoms with van der Waals surface area (Å²) in [5.74, 6) is -0.168. The number of ether oxygens (including phenoxy) is 2. The standard InChI is InChI=1S/C62H121NO8/c1-3-5-7-9-11-13-15-17-19-21-23-24-25-26-27-28-29-30-31-32-34-36-38-40-42-44-46-48-50-52-58(66)63-55(54-70-62-61(69)60(68)59(67)57(53-64)71-62)56(65)51-49-47-45-43-41-39-37-35-33-22-20-18-16-14-12-10-8-6-4-2/h49,51,55-57,59-62,64-65,67-69H,3-48,50,52-54H2,1-2H3,(H,63,66)/b51-49+. The van der Waals surface area contributed by atoms with E-state index in [0.717, 1.165) is 38.5 Å². The van der Waals surface area contributed by atoms with Crippen molar-refractivity contribution in [1.29, 1.82) is 0 Å². The van der Waals surface area contributed by atoms with E-state index in [0.29, 0.717) is 6.42 Å². The Labute approximate surface area is 439 Å². The van der Waals surface area contributed by atoms with E-state index in [4.69, 9.17) is 9.47 Å². The van der Waals surface area contributed by atoms with Crippen molar-refractivity contribution in [3.63, 3.8) is 0 Å². The molecule has 7 atom stereocenters. The summed E-state index contributed by atoms with van der Waals surface area (Å²) in [5, 5.41) is 54.6. The largest absolute Gasteiger partial charge is 0.394 e. The van der Waals surface area contributed by atoms with Crippen LogP contribution in [0.2, 0.25) is 0 Å². The second kappa shape index (κ2) is 52.4. The number of hydrogen-bond acceptors (Lipinski definition) is 8. The van der Waals surface area contributed by atoms with Gasteiger partial charge in [-0.1, -0.05) is 309 Å². The van der Waals surface area contributed by atoms with Crippen LogP contribution < -0.4 is 5.32 Å². The second-order valence-corrected chi connectivity index (χ2v) is 22.2. The summed E-state index contributed by atoms with van der Waals surface area (Å²) in [6.45, 7) is 3.83. The third-order valence-corrected chi connectivity index (χ3v) is 15.4. The predicted octanol–water partition coefficient (Wildman–Crippen LogP) is 16.0. The molecule has 0 aromatic rings. The van der Waals surface area contributed by atoms with Gasteiger partial charge in [0.15, 0.2) is 6.29 Å². The molecule has 71 heavy (non-hydrogen) atoms. The summed E-state index contributed by atoms with van der Waals surface area (Å²) in [6, 6.07) is -0.801. The Morgan fingerprint density at radius 3 is 1.10 bits per heavy atom. The van der Waals surface area contributed by atoms with Gasteiger partial charge in [0.25, 0.3) is 0 Å². The molecule has 0 spiro atoms. The number of amides is 1. The lowest BCUT2D eigenvalue weighted by Crippen LogP contribution is -2.60. The number of rotatable bonds is 55. The van der Waals surface area contributed by atoms with E-state index >= 15 is 0 Å². The molecular formula is C62H121NO8. The third-order valence-electron chi connectivity index (χ3n) is 15.4. The van der Waals surface area contributed by atoms with Crippen molar-refractivity contribution in [3.05, 3.63) is 12.2 Å². The van der Waals surface area contributed by atoms with Crippen LogP contribution >= 0.6 is 0 Å². The van der Waals surface area contributed by atoms with Gasteiger partial charge in [-0.25, -0.2) is 0 Å². The molecule has 1 saturated heterocycles. The normalized spacial score (nSPS) is 19.2. The molecule has 9 heteroatoms. The Balaban J connectivity index is 2.14. The van der Waals surface area contributed by atoms with Crippen molar-refractivity contribution in [2.45, 2.75) is 365 Å². The second-order valence-electron chi connectivity index (χ2n) is 22.2. The fourth-order valence-corrected chi connectivity index (χ4v) is 10.4. The van der Waals surface area contributed by atoms with Crippen LogP contribution in [0.15, 0.2) is 12.2 Å². The minimum atomic E-state index is -1.56. The summed E-state index contributed by atoms with van der Waals surface area (Å²) in [5.41, 5.74) is 0. The molecule has 6 N–H and O–H groups in total. The van der Waals surface area contributed by atoms with E-state index in [1.807, 2.05) is 6.08 Å².